The van der Waals surface area contributed by atoms with Crippen molar-refractivity contribution in [2.75, 3.05) is 6.54 Å². The predicted octanol–water partition coefficient (Wildman–Crippen LogP) is 3.65. The number of aromatic nitrogens is 2. The third-order valence-corrected chi connectivity index (χ3v) is 4.74. The minimum Gasteiger partial charge on any atom is -0.353 e. The zero-order valence-corrected chi connectivity index (χ0v) is 15.0. The molecule has 0 bridgehead atoms. The molecule has 130 valence electrons. The Morgan fingerprint density at radius 3 is 2.64 bits per heavy atom. The molecule has 1 N–H and O–H groups in total. The Morgan fingerprint density at radius 1 is 1.28 bits per heavy atom. The van der Waals surface area contributed by atoms with Crippen molar-refractivity contribution >= 4 is 17.2 Å². The van der Waals surface area contributed by atoms with Crippen molar-refractivity contribution in [3.8, 4) is 0 Å². The van der Waals surface area contributed by atoms with E-state index in [0.717, 1.165) is 22.5 Å². The van der Waals surface area contributed by atoms with Gasteiger partial charge in [0.1, 0.15) is 5.82 Å². The average molecular weight is 357 g/mol. The summed E-state index contributed by atoms with van der Waals surface area (Å²) in [5.74, 6) is -0.389. The van der Waals surface area contributed by atoms with E-state index in [-0.39, 0.29) is 24.2 Å². The van der Waals surface area contributed by atoms with Crippen LogP contribution >= 0.6 is 11.3 Å². The summed E-state index contributed by atoms with van der Waals surface area (Å²) in [4.78, 5) is 12.3. The summed E-state index contributed by atoms with van der Waals surface area (Å²) in [5.41, 5.74) is 3.92. The molecule has 1 atom stereocenters. The number of benzene rings is 1. The molecular formula is C19H20FN3OS. The molecule has 0 unspecified atom stereocenters. The number of hydrogen-bond donors (Lipinski definition) is 1. The number of rotatable bonds is 6. The van der Waals surface area contributed by atoms with Gasteiger partial charge < -0.3 is 5.32 Å². The molecule has 4 nitrogen and oxygen atoms in total. The van der Waals surface area contributed by atoms with Crippen LogP contribution in [0.5, 0.6) is 0 Å². The van der Waals surface area contributed by atoms with Crippen LogP contribution in [0, 0.1) is 19.7 Å². The first-order valence-corrected chi connectivity index (χ1v) is 9.03. The maximum Gasteiger partial charge on any atom is 0.224 e. The number of amides is 1. The number of nitrogens with zero attached hydrogens (tertiary/aromatic N) is 2. The lowest BCUT2D eigenvalue weighted by molar-refractivity contribution is -0.120. The Bertz CT molecular complexity index is 840. The van der Waals surface area contributed by atoms with Gasteiger partial charge in [0.25, 0.3) is 0 Å². The molecule has 0 saturated carbocycles. The maximum absolute atomic E-state index is 13.0. The summed E-state index contributed by atoms with van der Waals surface area (Å²) < 4.78 is 14.9. The first kappa shape index (κ1) is 17.4. The van der Waals surface area contributed by atoms with Crippen molar-refractivity contribution < 1.29 is 9.18 Å². The minimum absolute atomic E-state index is 0.0443. The Balaban J connectivity index is 1.69. The van der Waals surface area contributed by atoms with Crippen molar-refractivity contribution in [3.63, 3.8) is 0 Å². The monoisotopic (exact) mass is 357 g/mol. The minimum atomic E-state index is -0.300. The molecule has 1 amide bonds. The Labute approximate surface area is 150 Å². The van der Waals surface area contributed by atoms with Gasteiger partial charge in [-0.05, 0) is 60.0 Å². The molecule has 0 saturated heterocycles. The highest BCUT2D eigenvalue weighted by atomic mass is 32.1. The van der Waals surface area contributed by atoms with E-state index in [0.29, 0.717) is 6.54 Å². The highest BCUT2D eigenvalue weighted by Gasteiger charge is 2.18. The molecule has 3 rings (SSSR count). The van der Waals surface area contributed by atoms with Gasteiger partial charge in [0.15, 0.2) is 0 Å². The van der Waals surface area contributed by atoms with Crippen LogP contribution in [0.4, 0.5) is 4.39 Å². The Morgan fingerprint density at radius 2 is 2.04 bits per heavy atom. The van der Waals surface area contributed by atoms with Gasteiger partial charge in [-0.2, -0.15) is 16.4 Å². The summed E-state index contributed by atoms with van der Waals surface area (Å²) >= 11 is 1.62. The fraction of sp³-hybridized carbons (Fsp3) is 0.263. The van der Waals surface area contributed by atoms with Gasteiger partial charge in [-0.15, -0.1) is 0 Å². The molecule has 0 spiro atoms. The average Bonchev–Trinajstić information content (AvgIpc) is 3.20. The van der Waals surface area contributed by atoms with Gasteiger partial charge in [0.2, 0.25) is 5.91 Å². The highest BCUT2D eigenvalue weighted by molar-refractivity contribution is 7.07. The molecular weight excluding hydrogens is 337 g/mol. The van der Waals surface area contributed by atoms with Gasteiger partial charge in [-0.1, -0.05) is 12.1 Å². The number of aryl methyl sites for hydroxylation is 2. The largest absolute Gasteiger partial charge is 0.353 e. The SMILES string of the molecule is Cc1cc(C)n([C@H](CNC(=O)Cc2ccc(F)cc2)c2ccsc2)n1. The third kappa shape index (κ3) is 4.33. The maximum atomic E-state index is 13.0. The van der Waals surface area contributed by atoms with Crippen LogP contribution in [0.1, 0.15) is 28.6 Å². The van der Waals surface area contributed by atoms with Gasteiger partial charge in [-0.3, -0.25) is 9.48 Å². The summed E-state index contributed by atoms with van der Waals surface area (Å²) in [6.45, 7) is 4.43. The quantitative estimate of drug-likeness (QED) is 0.732. The van der Waals surface area contributed by atoms with E-state index in [1.807, 2.05) is 30.0 Å². The number of carbonyl (C=O) groups excluding carboxylic acids is 1. The van der Waals surface area contributed by atoms with E-state index in [9.17, 15) is 9.18 Å². The summed E-state index contributed by atoms with van der Waals surface area (Å²) in [7, 11) is 0. The van der Waals surface area contributed by atoms with Crippen LogP contribution in [0.3, 0.4) is 0 Å². The zero-order valence-electron chi connectivity index (χ0n) is 14.2. The van der Waals surface area contributed by atoms with E-state index in [1.54, 1.807) is 23.5 Å². The molecule has 6 heteroatoms. The number of halogens is 1. The molecule has 0 aliphatic carbocycles. The van der Waals surface area contributed by atoms with Gasteiger partial charge in [0.05, 0.1) is 18.2 Å². The number of carbonyl (C=O) groups is 1. The Hall–Kier alpha value is -2.47. The smallest absolute Gasteiger partial charge is 0.224 e. The molecule has 2 heterocycles. The van der Waals surface area contributed by atoms with Crippen LogP contribution in [-0.4, -0.2) is 22.2 Å². The molecule has 0 aliphatic rings. The summed E-state index contributed by atoms with van der Waals surface area (Å²) in [6, 6.07) is 10.0. The standard InChI is InChI=1S/C19H20FN3OS/c1-13-9-14(2)23(22-13)18(16-7-8-25-12-16)11-21-19(24)10-15-3-5-17(20)6-4-15/h3-9,12,18H,10-11H2,1-2H3,(H,21,24)/t18-/m1/s1. The second-order valence-corrected chi connectivity index (χ2v) is 6.83. The van der Waals surface area contributed by atoms with Crippen LogP contribution in [0.15, 0.2) is 47.2 Å². The summed E-state index contributed by atoms with van der Waals surface area (Å²) in [6.07, 6.45) is 0.230. The normalized spacial score (nSPS) is 12.1. The second kappa shape index (κ2) is 7.61. The number of nitrogens with one attached hydrogen (secondary N) is 1. The summed E-state index contributed by atoms with van der Waals surface area (Å²) in [5, 5.41) is 11.6. The van der Waals surface area contributed by atoms with E-state index in [1.165, 1.54) is 12.1 Å². The van der Waals surface area contributed by atoms with Gasteiger partial charge in [-0.25, -0.2) is 4.39 Å². The van der Waals surface area contributed by atoms with Crippen LogP contribution in [0.2, 0.25) is 0 Å². The van der Waals surface area contributed by atoms with Crippen LogP contribution < -0.4 is 5.32 Å². The highest BCUT2D eigenvalue weighted by Crippen LogP contribution is 2.22. The predicted molar refractivity (Wildman–Crippen MR) is 97.3 cm³/mol. The molecule has 1 aromatic carbocycles. The van der Waals surface area contributed by atoms with Crippen molar-refractivity contribution in [1.82, 2.24) is 15.1 Å². The van der Waals surface area contributed by atoms with E-state index >= 15 is 0 Å². The second-order valence-electron chi connectivity index (χ2n) is 6.05. The fourth-order valence-electron chi connectivity index (χ4n) is 2.83. The zero-order chi connectivity index (χ0) is 17.8. The number of thiophene rings is 1. The van der Waals surface area contributed by atoms with Crippen molar-refractivity contribution in [1.29, 1.82) is 0 Å². The topological polar surface area (TPSA) is 46.9 Å². The first-order chi connectivity index (χ1) is 12.0. The third-order valence-electron chi connectivity index (χ3n) is 4.04. The fourth-order valence-corrected chi connectivity index (χ4v) is 3.54. The lowest BCUT2D eigenvalue weighted by Gasteiger charge is -2.19. The lowest BCUT2D eigenvalue weighted by atomic mass is 10.1. The van der Waals surface area contributed by atoms with Gasteiger partial charge >= 0.3 is 0 Å². The Kier molecular flexibility index (Phi) is 5.28. The van der Waals surface area contributed by atoms with Crippen LogP contribution in [-0.2, 0) is 11.2 Å². The lowest BCUT2D eigenvalue weighted by Crippen LogP contribution is -2.33. The molecule has 3 aromatic rings. The van der Waals surface area contributed by atoms with Crippen molar-refractivity contribution in [2.45, 2.75) is 26.3 Å². The van der Waals surface area contributed by atoms with Crippen molar-refractivity contribution in [3.05, 3.63) is 75.5 Å². The van der Waals surface area contributed by atoms with Crippen molar-refractivity contribution in [2.24, 2.45) is 0 Å². The van der Waals surface area contributed by atoms with E-state index in [4.69, 9.17) is 0 Å². The van der Waals surface area contributed by atoms with Gasteiger partial charge in [0, 0.05) is 12.2 Å². The molecule has 0 fully saturated rings. The molecule has 0 aliphatic heterocycles. The molecule has 25 heavy (non-hydrogen) atoms. The molecule has 0 radical (unpaired) electrons. The van der Waals surface area contributed by atoms with E-state index < -0.39 is 0 Å². The number of hydrogen-bond acceptors (Lipinski definition) is 3. The molecule has 2 aromatic heterocycles. The van der Waals surface area contributed by atoms with Crippen LogP contribution in [0.25, 0.3) is 0 Å². The van der Waals surface area contributed by atoms with E-state index in [2.05, 4.69) is 21.9 Å². The first-order valence-electron chi connectivity index (χ1n) is 8.09.